The Morgan fingerprint density at radius 2 is 1.80 bits per heavy atom. The van der Waals surface area contributed by atoms with Gasteiger partial charge in [0, 0.05) is 18.7 Å². The fraction of sp³-hybridized carbons (Fsp3) is 0.567. The molecule has 3 aliphatic rings. The van der Waals surface area contributed by atoms with Crippen molar-refractivity contribution in [3.8, 4) is 17.0 Å². The van der Waals surface area contributed by atoms with Crippen molar-refractivity contribution in [2.24, 2.45) is 11.3 Å². The van der Waals surface area contributed by atoms with Crippen molar-refractivity contribution in [2.45, 2.75) is 63.6 Å². The monoisotopic (exact) mass is 577 g/mol. The molecule has 0 spiro atoms. The summed E-state index contributed by atoms with van der Waals surface area (Å²) >= 11 is 0. The van der Waals surface area contributed by atoms with E-state index < -0.39 is 34.8 Å². The van der Waals surface area contributed by atoms with Gasteiger partial charge >= 0.3 is 12.1 Å². The molecule has 0 unspecified atom stereocenters. The van der Waals surface area contributed by atoms with Crippen LogP contribution >= 0.6 is 0 Å². The number of pyridine rings is 1. The Labute approximate surface area is 236 Å². The molecule has 1 aliphatic carbocycles. The summed E-state index contributed by atoms with van der Waals surface area (Å²) in [5.74, 6) is -1.73. The zero-order chi connectivity index (χ0) is 29.4. The Morgan fingerprint density at radius 1 is 1.07 bits per heavy atom. The van der Waals surface area contributed by atoms with Gasteiger partial charge in [-0.15, -0.1) is 0 Å². The van der Waals surface area contributed by atoms with E-state index in [2.05, 4.69) is 4.98 Å². The van der Waals surface area contributed by atoms with Gasteiger partial charge in [0.25, 0.3) is 5.91 Å². The summed E-state index contributed by atoms with van der Waals surface area (Å²) in [5, 5.41) is 9.58. The molecule has 41 heavy (non-hydrogen) atoms. The lowest BCUT2D eigenvalue weighted by atomic mass is 9.67. The molecule has 7 nitrogen and oxygen atoms in total. The first-order chi connectivity index (χ1) is 19.4. The molecule has 0 radical (unpaired) electrons. The molecule has 3 fully saturated rings. The fourth-order valence-corrected chi connectivity index (χ4v) is 6.23. The summed E-state index contributed by atoms with van der Waals surface area (Å²) in [6.07, 6.45) is 0.872. The van der Waals surface area contributed by atoms with Crippen LogP contribution in [-0.4, -0.2) is 76.3 Å². The first-order valence-corrected chi connectivity index (χ1v) is 14.2. The number of halogens is 4. The van der Waals surface area contributed by atoms with Crippen LogP contribution in [0.3, 0.4) is 0 Å². The number of aromatic nitrogens is 1. The predicted octanol–water partition coefficient (Wildman–Crippen LogP) is 5.79. The number of aliphatic carboxylic acids is 1. The number of amides is 1. The second-order valence-corrected chi connectivity index (χ2v) is 11.9. The van der Waals surface area contributed by atoms with Crippen LogP contribution in [0.1, 0.15) is 62.2 Å². The van der Waals surface area contributed by atoms with Gasteiger partial charge in [-0.3, -0.25) is 9.78 Å². The molecule has 1 atom stereocenters. The lowest BCUT2D eigenvalue weighted by molar-refractivity contribution is -0.256. The Hall–Kier alpha value is -3.21. The zero-order valence-corrected chi connectivity index (χ0v) is 23.1. The van der Waals surface area contributed by atoms with E-state index in [1.807, 2.05) is 4.90 Å². The summed E-state index contributed by atoms with van der Waals surface area (Å²) in [5.41, 5.74) is -2.13. The average Bonchev–Trinajstić information content (AvgIpc) is 3.32. The fourth-order valence-electron chi connectivity index (χ4n) is 6.23. The van der Waals surface area contributed by atoms with E-state index in [0.717, 1.165) is 12.8 Å². The highest BCUT2D eigenvalue weighted by Gasteiger charge is 2.58. The number of carbonyl (C=O) groups excluding carboxylic acids is 1. The molecule has 1 saturated carbocycles. The lowest BCUT2D eigenvalue weighted by Crippen LogP contribution is -2.53. The molecule has 2 saturated heterocycles. The third kappa shape index (κ3) is 5.78. The number of likely N-dealkylation sites (tertiary alicyclic amines) is 2. The van der Waals surface area contributed by atoms with E-state index in [9.17, 15) is 32.3 Å². The Morgan fingerprint density at radius 3 is 2.37 bits per heavy atom. The minimum atomic E-state index is -4.15. The summed E-state index contributed by atoms with van der Waals surface area (Å²) < 4.78 is 61.4. The van der Waals surface area contributed by atoms with Crippen molar-refractivity contribution in [3.63, 3.8) is 0 Å². The second-order valence-electron chi connectivity index (χ2n) is 11.9. The van der Waals surface area contributed by atoms with Crippen LogP contribution in [0.2, 0.25) is 0 Å². The van der Waals surface area contributed by atoms with Gasteiger partial charge in [0.1, 0.15) is 17.1 Å². The Kier molecular flexibility index (Phi) is 8.02. The average molecular weight is 578 g/mol. The first kappa shape index (κ1) is 29.3. The van der Waals surface area contributed by atoms with E-state index in [-0.39, 0.29) is 37.4 Å². The minimum Gasteiger partial charge on any atom is -0.492 e. The minimum absolute atomic E-state index is 0.0885. The molecule has 222 valence electrons. The quantitative estimate of drug-likeness (QED) is 0.400. The van der Waals surface area contributed by atoms with Crippen LogP contribution in [0, 0.1) is 17.2 Å². The number of carbonyl (C=O) groups is 2. The molecule has 5 rings (SSSR count). The highest BCUT2D eigenvalue weighted by molar-refractivity contribution is 5.98. The summed E-state index contributed by atoms with van der Waals surface area (Å²) in [6.45, 7) is 3.51. The number of hydrogen-bond acceptors (Lipinski definition) is 5. The second kappa shape index (κ2) is 11.2. The predicted molar refractivity (Wildman–Crippen MR) is 143 cm³/mol. The number of carboxylic acids is 1. The number of benzene rings is 1. The first-order valence-electron chi connectivity index (χ1n) is 14.2. The molecule has 2 aromatic rings. The molecule has 2 aliphatic heterocycles. The van der Waals surface area contributed by atoms with Crippen molar-refractivity contribution in [1.29, 1.82) is 0 Å². The molecule has 1 N–H and O–H groups in total. The lowest BCUT2D eigenvalue weighted by Gasteiger charge is -2.47. The maximum Gasteiger partial charge on any atom is 0.395 e. The maximum atomic E-state index is 15.0. The molecule has 11 heteroatoms. The smallest absolute Gasteiger partial charge is 0.395 e. The number of nitrogens with zero attached hydrogens (tertiary/aromatic N) is 3. The van der Waals surface area contributed by atoms with Crippen LogP contribution in [-0.2, 0) is 4.79 Å². The number of ether oxygens (including phenoxy) is 1. The number of alkyl halides is 3. The van der Waals surface area contributed by atoms with Crippen LogP contribution < -0.4 is 4.74 Å². The van der Waals surface area contributed by atoms with E-state index in [1.165, 1.54) is 30.2 Å². The van der Waals surface area contributed by atoms with Crippen LogP contribution in [0.15, 0.2) is 36.5 Å². The van der Waals surface area contributed by atoms with E-state index in [1.54, 1.807) is 18.2 Å². The highest BCUT2D eigenvalue weighted by Crippen LogP contribution is 2.53. The standard InChI is InChI=1S/C30H35F4N3O4/c1-28(27(39)40)10-3-13-37(28)26(38)23-6-4-21(16-24(23)31)25-7-5-22(17-35-25)41-18-20-8-14-36(15-9-20)19-29(11-2-12-29)30(32,33)34/h4-7,16-17,20H,2-3,8-15,18-19H2,1H3,(H,39,40)/t28-/m0/s1. The molecule has 1 aromatic heterocycles. The topological polar surface area (TPSA) is 83.0 Å². The van der Waals surface area contributed by atoms with Gasteiger partial charge in [-0.05, 0) is 88.7 Å². The van der Waals surface area contributed by atoms with Crippen LogP contribution in [0.25, 0.3) is 11.3 Å². The number of rotatable bonds is 8. The van der Waals surface area contributed by atoms with Gasteiger partial charge in [-0.2, -0.15) is 13.2 Å². The van der Waals surface area contributed by atoms with E-state index >= 15 is 0 Å². The van der Waals surface area contributed by atoms with E-state index in [0.29, 0.717) is 56.0 Å². The van der Waals surface area contributed by atoms with Gasteiger partial charge in [0.15, 0.2) is 0 Å². The van der Waals surface area contributed by atoms with E-state index in [4.69, 9.17) is 4.74 Å². The number of carboxylic acid groups (broad SMARTS) is 1. The summed E-state index contributed by atoms with van der Waals surface area (Å²) in [7, 11) is 0. The molecule has 1 aromatic carbocycles. The summed E-state index contributed by atoms with van der Waals surface area (Å²) in [6, 6.07) is 7.55. The van der Waals surface area contributed by atoms with Crippen molar-refractivity contribution < 1.29 is 37.0 Å². The Balaban J connectivity index is 1.13. The molecule has 0 bridgehead atoms. The third-order valence-corrected chi connectivity index (χ3v) is 9.21. The van der Waals surface area contributed by atoms with Gasteiger partial charge in [0.05, 0.1) is 29.5 Å². The highest BCUT2D eigenvalue weighted by atomic mass is 19.4. The third-order valence-electron chi connectivity index (χ3n) is 9.21. The van der Waals surface area contributed by atoms with Crippen LogP contribution in [0.4, 0.5) is 17.6 Å². The van der Waals surface area contributed by atoms with Gasteiger partial charge < -0.3 is 19.6 Å². The number of hydrogen-bond donors (Lipinski definition) is 1. The largest absolute Gasteiger partial charge is 0.492 e. The van der Waals surface area contributed by atoms with Gasteiger partial charge in [-0.25, -0.2) is 9.18 Å². The van der Waals surface area contributed by atoms with Crippen molar-refractivity contribution in [3.05, 3.63) is 47.9 Å². The van der Waals surface area contributed by atoms with Gasteiger partial charge in [0.2, 0.25) is 0 Å². The normalized spacial score (nSPS) is 23.3. The SMILES string of the molecule is C[C@@]1(C(=O)O)CCCN1C(=O)c1ccc(-c2ccc(OCC3CCN(CC4(C(F)(F)F)CCC4)CC3)cn2)cc1F. The summed E-state index contributed by atoms with van der Waals surface area (Å²) in [4.78, 5) is 32.2. The zero-order valence-electron chi connectivity index (χ0n) is 23.1. The van der Waals surface area contributed by atoms with Crippen molar-refractivity contribution >= 4 is 11.9 Å². The van der Waals surface area contributed by atoms with Crippen molar-refractivity contribution in [2.75, 3.05) is 32.8 Å². The van der Waals surface area contributed by atoms with Gasteiger partial charge in [-0.1, -0.05) is 12.5 Å². The van der Waals surface area contributed by atoms with Crippen molar-refractivity contribution in [1.82, 2.24) is 14.8 Å². The molecular weight excluding hydrogens is 542 g/mol. The maximum absolute atomic E-state index is 15.0. The van der Waals surface area contributed by atoms with Crippen LogP contribution in [0.5, 0.6) is 5.75 Å². The molecule has 3 heterocycles. The molecule has 1 amide bonds. The number of piperidine rings is 1. The Bertz CT molecular complexity index is 1270. The molecular formula is C30H35F4N3O4.